The van der Waals surface area contributed by atoms with Crippen LogP contribution in [0.15, 0.2) is 48.5 Å². The van der Waals surface area contributed by atoms with Crippen molar-refractivity contribution in [2.45, 2.75) is 38.7 Å². The van der Waals surface area contributed by atoms with E-state index >= 15 is 0 Å². The highest BCUT2D eigenvalue weighted by Crippen LogP contribution is 2.34. The number of aromatic nitrogens is 1. The molecule has 3 N–H and O–H groups in total. The smallest absolute Gasteiger partial charge is 0.234 e. The molecule has 1 aromatic heterocycles. The average molecular weight is 467 g/mol. The van der Waals surface area contributed by atoms with E-state index in [0.29, 0.717) is 6.42 Å². The van der Waals surface area contributed by atoms with Crippen LogP contribution in [0.1, 0.15) is 34.2 Å². The van der Waals surface area contributed by atoms with Gasteiger partial charge in [0, 0.05) is 22.5 Å². The largest absolute Gasteiger partial charge is 0.332 e. The van der Waals surface area contributed by atoms with E-state index in [1.54, 1.807) is 11.3 Å². The second-order valence-corrected chi connectivity index (χ2v) is 9.99. The monoisotopic (exact) mass is 466 g/mol. The highest BCUT2D eigenvalue weighted by molar-refractivity contribution is 8.00. The van der Waals surface area contributed by atoms with Gasteiger partial charge in [0.15, 0.2) is 0 Å². The number of anilines is 1. The number of benzene rings is 2. The molecule has 6 nitrogen and oxygen atoms in total. The van der Waals surface area contributed by atoms with E-state index in [-0.39, 0.29) is 29.1 Å². The number of nitrogens with zero attached hydrogens (tertiary/aromatic N) is 1. The van der Waals surface area contributed by atoms with Crippen LogP contribution in [-0.2, 0) is 9.59 Å². The van der Waals surface area contributed by atoms with Gasteiger partial charge in [-0.1, -0.05) is 36.4 Å². The van der Waals surface area contributed by atoms with Gasteiger partial charge in [0.25, 0.3) is 0 Å². The molecule has 0 aliphatic carbocycles. The molecule has 2 heterocycles. The average Bonchev–Trinajstić information content (AvgIpc) is 3.17. The summed E-state index contributed by atoms with van der Waals surface area (Å²) >= 11 is 2.98. The number of nitrogens with one attached hydrogen (secondary N) is 3. The molecule has 3 aromatic rings. The van der Waals surface area contributed by atoms with Gasteiger partial charge < -0.3 is 10.6 Å². The lowest BCUT2D eigenvalue weighted by molar-refractivity contribution is -0.123. The second-order valence-electron chi connectivity index (χ2n) is 7.86. The zero-order valence-corrected chi connectivity index (χ0v) is 19.9. The van der Waals surface area contributed by atoms with Gasteiger partial charge in [0.2, 0.25) is 11.8 Å². The molecule has 1 aliphatic heterocycles. The number of aryl methyl sites for hydroxylation is 3. The third kappa shape index (κ3) is 5.38. The van der Waals surface area contributed by atoms with E-state index in [9.17, 15) is 9.59 Å². The standard InChI is InChI=1S/C24H26N4O2S2/c1-14-9-10-18(11-15(14)2)26-21(30)13-31-24-27-19(12-20(29)28-24)22-16(3)25-23(32-22)17-7-5-4-6-8-17/h4-11,19,24,27H,12-13H2,1-3H3,(H,26,30)(H,28,29). The van der Waals surface area contributed by atoms with Crippen molar-refractivity contribution < 1.29 is 9.59 Å². The first kappa shape index (κ1) is 22.5. The Hall–Kier alpha value is -2.68. The molecule has 0 saturated carbocycles. The topological polar surface area (TPSA) is 83.1 Å². The molecule has 32 heavy (non-hydrogen) atoms. The highest BCUT2D eigenvalue weighted by atomic mass is 32.2. The lowest BCUT2D eigenvalue weighted by atomic mass is 10.1. The molecule has 1 aliphatic rings. The minimum Gasteiger partial charge on any atom is -0.332 e. The number of carbonyl (C=O) groups excluding carboxylic acids is 2. The second kappa shape index (κ2) is 9.85. The Kier molecular flexibility index (Phi) is 6.93. The molecule has 0 bridgehead atoms. The van der Waals surface area contributed by atoms with Gasteiger partial charge in [-0.15, -0.1) is 23.1 Å². The minimum atomic E-state index is -0.339. The van der Waals surface area contributed by atoms with E-state index in [4.69, 9.17) is 4.98 Å². The Labute approximate surface area is 196 Å². The molecule has 2 unspecified atom stereocenters. The molecule has 8 heteroatoms. The van der Waals surface area contributed by atoms with E-state index in [2.05, 4.69) is 16.0 Å². The molecule has 2 amide bonds. The van der Waals surface area contributed by atoms with Crippen molar-refractivity contribution in [2.24, 2.45) is 0 Å². The lowest BCUT2D eigenvalue weighted by Crippen LogP contribution is -2.51. The van der Waals surface area contributed by atoms with Gasteiger partial charge in [-0.05, 0) is 44.0 Å². The molecule has 1 fully saturated rings. The Morgan fingerprint density at radius 3 is 2.69 bits per heavy atom. The third-order valence-corrected chi connectivity index (χ3v) is 7.71. The minimum absolute atomic E-state index is 0.0325. The van der Waals surface area contributed by atoms with Crippen LogP contribution >= 0.6 is 23.1 Å². The van der Waals surface area contributed by atoms with Crippen LogP contribution in [0, 0.1) is 20.8 Å². The Morgan fingerprint density at radius 2 is 1.94 bits per heavy atom. The normalized spacial score (nSPS) is 18.3. The highest BCUT2D eigenvalue weighted by Gasteiger charge is 2.30. The first-order valence-electron chi connectivity index (χ1n) is 10.5. The number of hydrogen-bond acceptors (Lipinski definition) is 6. The van der Waals surface area contributed by atoms with Crippen LogP contribution in [0.2, 0.25) is 0 Å². The first-order chi connectivity index (χ1) is 15.4. The van der Waals surface area contributed by atoms with Gasteiger partial charge in [0.05, 0.1) is 17.5 Å². The first-order valence-corrected chi connectivity index (χ1v) is 12.3. The maximum Gasteiger partial charge on any atom is 0.234 e. The van der Waals surface area contributed by atoms with Gasteiger partial charge in [0.1, 0.15) is 10.5 Å². The number of carbonyl (C=O) groups is 2. The number of amides is 2. The fourth-order valence-corrected chi connectivity index (χ4v) is 5.54. The number of hydrogen-bond donors (Lipinski definition) is 3. The summed E-state index contributed by atoms with van der Waals surface area (Å²) in [5.41, 5.74) is 4.76. The van der Waals surface area contributed by atoms with Crippen LogP contribution in [0.25, 0.3) is 10.6 Å². The Bertz CT molecular complexity index is 1130. The lowest BCUT2D eigenvalue weighted by Gasteiger charge is -2.30. The van der Waals surface area contributed by atoms with Crippen LogP contribution in [0.3, 0.4) is 0 Å². The van der Waals surface area contributed by atoms with Gasteiger partial charge in [-0.25, -0.2) is 4.98 Å². The zero-order valence-electron chi connectivity index (χ0n) is 18.3. The molecule has 4 rings (SSSR count). The Morgan fingerprint density at radius 1 is 1.16 bits per heavy atom. The zero-order chi connectivity index (χ0) is 22.7. The van der Waals surface area contributed by atoms with Gasteiger partial charge in [-0.3, -0.25) is 14.9 Å². The summed E-state index contributed by atoms with van der Waals surface area (Å²) in [5, 5.41) is 10.3. The van der Waals surface area contributed by atoms with Crippen molar-refractivity contribution in [2.75, 3.05) is 11.1 Å². The summed E-state index contributed by atoms with van der Waals surface area (Å²) in [7, 11) is 0. The van der Waals surface area contributed by atoms with E-state index in [0.717, 1.165) is 32.4 Å². The number of thiazole rings is 1. The molecule has 0 spiro atoms. The molecule has 0 radical (unpaired) electrons. The van der Waals surface area contributed by atoms with Crippen LogP contribution in [0.5, 0.6) is 0 Å². The van der Waals surface area contributed by atoms with E-state index in [1.165, 1.54) is 17.3 Å². The molecule has 1 saturated heterocycles. The van der Waals surface area contributed by atoms with Gasteiger partial charge >= 0.3 is 0 Å². The third-order valence-electron chi connectivity index (χ3n) is 5.38. The van der Waals surface area contributed by atoms with Crippen molar-refractivity contribution in [1.82, 2.24) is 15.6 Å². The quantitative estimate of drug-likeness (QED) is 0.497. The predicted octanol–water partition coefficient (Wildman–Crippen LogP) is 4.54. The molecule has 2 atom stereocenters. The molecule has 166 valence electrons. The molecule has 2 aromatic carbocycles. The Balaban J connectivity index is 1.38. The van der Waals surface area contributed by atoms with Crippen molar-refractivity contribution >= 4 is 40.6 Å². The summed E-state index contributed by atoms with van der Waals surface area (Å²) in [5.74, 6) is 0.0979. The van der Waals surface area contributed by atoms with Crippen molar-refractivity contribution in [3.63, 3.8) is 0 Å². The van der Waals surface area contributed by atoms with Crippen molar-refractivity contribution in [1.29, 1.82) is 0 Å². The fraction of sp³-hybridized carbons (Fsp3) is 0.292. The van der Waals surface area contributed by atoms with Crippen LogP contribution < -0.4 is 16.0 Å². The number of rotatable bonds is 6. The predicted molar refractivity (Wildman–Crippen MR) is 132 cm³/mol. The van der Waals surface area contributed by atoms with Crippen LogP contribution in [0.4, 0.5) is 5.69 Å². The van der Waals surface area contributed by atoms with Crippen molar-refractivity contribution in [3.05, 3.63) is 70.2 Å². The summed E-state index contributed by atoms with van der Waals surface area (Å²) in [4.78, 5) is 30.6. The SMILES string of the molecule is Cc1ccc(NC(=O)CSC2NC(=O)CC(c3sc(-c4ccccc4)nc3C)N2)cc1C. The molecular weight excluding hydrogens is 440 g/mol. The molecular formula is C24H26N4O2S2. The van der Waals surface area contributed by atoms with E-state index < -0.39 is 0 Å². The summed E-state index contributed by atoms with van der Waals surface area (Å²) in [6, 6.07) is 15.8. The van der Waals surface area contributed by atoms with Gasteiger partial charge in [-0.2, -0.15) is 0 Å². The summed E-state index contributed by atoms with van der Waals surface area (Å²) < 4.78 is 0. The fourth-order valence-electron chi connectivity index (χ4n) is 3.54. The number of thioether (sulfide) groups is 1. The summed E-state index contributed by atoms with van der Waals surface area (Å²) in [6.45, 7) is 6.04. The van der Waals surface area contributed by atoms with E-state index in [1.807, 2.05) is 69.3 Å². The maximum atomic E-state index is 12.4. The maximum absolute atomic E-state index is 12.4. The summed E-state index contributed by atoms with van der Waals surface area (Å²) in [6.07, 6.45) is 0.350. The van der Waals surface area contributed by atoms with Crippen molar-refractivity contribution in [3.8, 4) is 10.6 Å². The van der Waals surface area contributed by atoms with Crippen LogP contribution in [-0.4, -0.2) is 28.0 Å².